The Labute approximate surface area is 153 Å². The molecule has 0 atom stereocenters. The lowest BCUT2D eigenvalue weighted by atomic mass is 10.1. The summed E-state index contributed by atoms with van der Waals surface area (Å²) in [6.07, 6.45) is 1.02. The van der Waals surface area contributed by atoms with Crippen LogP contribution in [-0.4, -0.2) is 25.1 Å². The van der Waals surface area contributed by atoms with E-state index in [1.54, 1.807) is 31.4 Å². The van der Waals surface area contributed by atoms with Crippen molar-refractivity contribution in [3.05, 3.63) is 54.1 Å². The molecule has 6 heteroatoms. The highest BCUT2D eigenvalue weighted by molar-refractivity contribution is 5.92. The smallest absolute Gasteiger partial charge is 0.319 e. The molecule has 0 heterocycles. The van der Waals surface area contributed by atoms with Crippen LogP contribution in [0.25, 0.3) is 0 Å². The zero-order chi connectivity index (χ0) is 18.9. The summed E-state index contributed by atoms with van der Waals surface area (Å²) in [4.78, 5) is 23.8. The number of methoxy groups -OCH3 is 1. The van der Waals surface area contributed by atoms with Crippen LogP contribution in [0.5, 0.6) is 5.75 Å². The number of hydrogen-bond acceptors (Lipinski definition) is 3. The van der Waals surface area contributed by atoms with Crippen molar-refractivity contribution in [2.24, 2.45) is 0 Å². The van der Waals surface area contributed by atoms with E-state index in [1.807, 2.05) is 38.1 Å². The van der Waals surface area contributed by atoms with Crippen LogP contribution in [0.4, 0.5) is 16.2 Å². The number of amides is 3. The zero-order valence-electron chi connectivity index (χ0n) is 15.3. The third-order valence-electron chi connectivity index (χ3n) is 3.62. The average molecular weight is 355 g/mol. The number of carbonyl (C=O) groups is 2. The van der Waals surface area contributed by atoms with Crippen molar-refractivity contribution < 1.29 is 14.3 Å². The summed E-state index contributed by atoms with van der Waals surface area (Å²) in [5, 5.41) is 8.34. The Morgan fingerprint density at radius 1 is 1.00 bits per heavy atom. The minimum Gasteiger partial charge on any atom is -0.497 e. The fourth-order valence-electron chi connectivity index (χ4n) is 2.38. The van der Waals surface area contributed by atoms with Gasteiger partial charge in [-0.25, -0.2) is 4.79 Å². The van der Waals surface area contributed by atoms with Crippen molar-refractivity contribution in [1.29, 1.82) is 0 Å². The van der Waals surface area contributed by atoms with E-state index in [0.29, 0.717) is 24.2 Å². The first-order valence-electron chi connectivity index (χ1n) is 8.56. The van der Waals surface area contributed by atoms with E-state index in [1.165, 1.54) is 0 Å². The maximum absolute atomic E-state index is 12.1. The second-order valence-corrected chi connectivity index (χ2v) is 6.23. The predicted octanol–water partition coefficient (Wildman–Crippen LogP) is 3.80. The van der Waals surface area contributed by atoms with E-state index in [0.717, 1.165) is 11.3 Å². The van der Waals surface area contributed by atoms with E-state index >= 15 is 0 Å². The van der Waals surface area contributed by atoms with Crippen LogP contribution in [0.15, 0.2) is 48.5 Å². The Morgan fingerprint density at radius 3 is 2.27 bits per heavy atom. The van der Waals surface area contributed by atoms with Gasteiger partial charge in [0.25, 0.3) is 0 Å². The molecule has 138 valence electrons. The summed E-state index contributed by atoms with van der Waals surface area (Å²) < 4.78 is 5.18. The van der Waals surface area contributed by atoms with Crippen LogP contribution in [0.3, 0.4) is 0 Å². The van der Waals surface area contributed by atoms with E-state index in [-0.39, 0.29) is 18.0 Å². The molecule has 0 aliphatic carbocycles. The molecule has 6 nitrogen and oxygen atoms in total. The topological polar surface area (TPSA) is 79.5 Å². The lowest BCUT2D eigenvalue weighted by Gasteiger charge is -2.11. The highest BCUT2D eigenvalue weighted by Crippen LogP contribution is 2.16. The Morgan fingerprint density at radius 2 is 1.65 bits per heavy atom. The van der Waals surface area contributed by atoms with Crippen LogP contribution in [0, 0.1) is 0 Å². The molecule has 0 aliphatic rings. The fraction of sp³-hybridized carbons (Fsp3) is 0.300. The van der Waals surface area contributed by atoms with Crippen molar-refractivity contribution in [2.45, 2.75) is 32.7 Å². The molecule has 3 N–H and O–H groups in total. The van der Waals surface area contributed by atoms with E-state index in [2.05, 4.69) is 16.0 Å². The number of urea groups is 1. The highest BCUT2D eigenvalue weighted by Gasteiger charge is 2.06. The first-order valence-corrected chi connectivity index (χ1v) is 8.56. The lowest BCUT2D eigenvalue weighted by molar-refractivity contribution is -0.116. The second-order valence-electron chi connectivity index (χ2n) is 6.23. The summed E-state index contributed by atoms with van der Waals surface area (Å²) in [7, 11) is 1.62. The average Bonchev–Trinajstić information content (AvgIpc) is 2.61. The maximum atomic E-state index is 12.1. The van der Waals surface area contributed by atoms with Gasteiger partial charge in [0.15, 0.2) is 0 Å². The third-order valence-corrected chi connectivity index (χ3v) is 3.62. The number of anilines is 2. The first kappa shape index (κ1) is 19.3. The summed E-state index contributed by atoms with van der Waals surface area (Å²) in [5.41, 5.74) is 2.41. The molecule has 2 aromatic rings. The molecular weight excluding hydrogens is 330 g/mol. The van der Waals surface area contributed by atoms with Gasteiger partial charge >= 0.3 is 6.03 Å². The molecule has 3 amide bonds. The number of nitrogens with one attached hydrogen (secondary N) is 3. The molecule has 0 aromatic heterocycles. The molecule has 0 saturated heterocycles. The lowest BCUT2D eigenvalue weighted by Crippen LogP contribution is -2.34. The van der Waals surface area contributed by atoms with Crippen molar-refractivity contribution in [3.63, 3.8) is 0 Å². The van der Waals surface area contributed by atoms with Gasteiger partial charge in [-0.15, -0.1) is 0 Å². The molecule has 0 spiro atoms. The predicted molar refractivity (Wildman–Crippen MR) is 104 cm³/mol. The van der Waals surface area contributed by atoms with Crippen molar-refractivity contribution in [2.75, 3.05) is 17.7 Å². The SMILES string of the molecule is COc1cccc(CCC(=O)Nc2ccc(NC(=O)NC(C)C)cc2)c1. The number of carbonyl (C=O) groups excluding carboxylic acids is 2. The largest absolute Gasteiger partial charge is 0.497 e. The van der Waals surface area contributed by atoms with E-state index in [9.17, 15) is 9.59 Å². The zero-order valence-corrected chi connectivity index (χ0v) is 15.3. The Kier molecular flexibility index (Phi) is 7.02. The van der Waals surface area contributed by atoms with Crippen LogP contribution >= 0.6 is 0 Å². The van der Waals surface area contributed by atoms with Crippen molar-refractivity contribution in [1.82, 2.24) is 5.32 Å². The number of aryl methyl sites for hydroxylation is 1. The number of rotatable bonds is 7. The molecule has 2 rings (SSSR count). The second kappa shape index (κ2) is 9.46. The van der Waals surface area contributed by atoms with Crippen LogP contribution in [0.2, 0.25) is 0 Å². The third kappa shape index (κ3) is 6.47. The van der Waals surface area contributed by atoms with Gasteiger partial charge in [-0.1, -0.05) is 12.1 Å². The van der Waals surface area contributed by atoms with Crippen molar-refractivity contribution >= 4 is 23.3 Å². The molecule has 0 bridgehead atoms. The van der Waals surface area contributed by atoms with E-state index in [4.69, 9.17) is 4.74 Å². The van der Waals surface area contributed by atoms with Crippen LogP contribution in [-0.2, 0) is 11.2 Å². The molecule has 0 unspecified atom stereocenters. The molecule has 26 heavy (non-hydrogen) atoms. The first-order chi connectivity index (χ1) is 12.5. The quantitative estimate of drug-likeness (QED) is 0.707. The normalized spacial score (nSPS) is 10.3. The number of ether oxygens (including phenoxy) is 1. The fourth-order valence-corrected chi connectivity index (χ4v) is 2.38. The highest BCUT2D eigenvalue weighted by atomic mass is 16.5. The van der Waals surface area contributed by atoms with Gasteiger partial charge in [-0.05, 0) is 62.2 Å². The van der Waals surface area contributed by atoms with Crippen molar-refractivity contribution in [3.8, 4) is 5.75 Å². The van der Waals surface area contributed by atoms with Gasteiger partial charge in [-0.3, -0.25) is 4.79 Å². The molecule has 0 fully saturated rings. The monoisotopic (exact) mass is 355 g/mol. The van der Waals surface area contributed by atoms with Crippen LogP contribution < -0.4 is 20.7 Å². The Balaban J connectivity index is 1.82. The minimum atomic E-state index is -0.255. The Bertz CT molecular complexity index is 742. The molecule has 0 radical (unpaired) electrons. The van der Waals surface area contributed by atoms with Gasteiger partial charge in [0.2, 0.25) is 5.91 Å². The van der Waals surface area contributed by atoms with E-state index < -0.39 is 0 Å². The van der Waals surface area contributed by atoms with Gasteiger partial charge in [0, 0.05) is 23.8 Å². The summed E-state index contributed by atoms with van der Waals surface area (Å²) in [5.74, 6) is 0.721. The molecule has 2 aromatic carbocycles. The Hall–Kier alpha value is -3.02. The number of hydrogen-bond donors (Lipinski definition) is 3. The van der Waals surface area contributed by atoms with Gasteiger partial charge in [-0.2, -0.15) is 0 Å². The van der Waals surface area contributed by atoms with Crippen LogP contribution in [0.1, 0.15) is 25.8 Å². The molecule has 0 aliphatic heterocycles. The standard InChI is InChI=1S/C20H25N3O3/c1-14(2)21-20(25)23-17-10-8-16(9-11-17)22-19(24)12-7-15-5-4-6-18(13-15)26-3/h4-6,8-11,13-14H,7,12H2,1-3H3,(H,22,24)(H2,21,23,25). The summed E-state index contributed by atoms with van der Waals surface area (Å²) >= 11 is 0. The maximum Gasteiger partial charge on any atom is 0.319 e. The van der Waals surface area contributed by atoms with Gasteiger partial charge in [0.05, 0.1) is 7.11 Å². The minimum absolute atomic E-state index is 0.0638. The van der Waals surface area contributed by atoms with Gasteiger partial charge in [0.1, 0.15) is 5.75 Å². The summed E-state index contributed by atoms with van der Waals surface area (Å²) in [6, 6.07) is 14.5. The molecule has 0 saturated carbocycles. The molecular formula is C20H25N3O3. The van der Waals surface area contributed by atoms with Gasteiger partial charge < -0.3 is 20.7 Å². The summed E-state index contributed by atoms with van der Waals surface area (Å²) in [6.45, 7) is 3.79. The number of benzene rings is 2.